The molecule has 132 valence electrons. The van der Waals surface area contributed by atoms with Gasteiger partial charge in [-0.15, -0.1) is 0 Å². The number of unbranched alkanes of at least 4 members (excludes halogenated alkanes) is 1. The van der Waals surface area contributed by atoms with Crippen LogP contribution < -0.4 is 15.2 Å². The third-order valence-corrected chi connectivity index (χ3v) is 4.43. The number of methoxy groups -OCH3 is 1. The molecule has 0 amide bonds. The standard InChI is InChI=1S/C21H26N2O2/c1-3-25-17-10-11-20-19(14-17)18(9-4-5-12-22)21(23-20)15-7-6-8-16(13-15)24-2/h6-8,10-11,13-14,23H,3-5,9,12,22H2,1-2H3. The summed E-state index contributed by atoms with van der Waals surface area (Å²) in [6.45, 7) is 3.40. The SMILES string of the molecule is CCOc1ccc2[nH]c(-c3cccc(OC)c3)c(CCCCN)c2c1. The second kappa shape index (κ2) is 8.08. The first kappa shape index (κ1) is 17.4. The molecule has 1 heterocycles. The molecule has 0 saturated heterocycles. The summed E-state index contributed by atoms with van der Waals surface area (Å²) >= 11 is 0. The molecule has 25 heavy (non-hydrogen) atoms. The lowest BCUT2D eigenvalue weighted by Crippen LogP contribution is -1.99. The van der Waals surface area contributed by atoms with Gasteiger partial charge >= 0.3 is 0 Å². The number of aromatic amines is 1. The molecule has 0 bridgehead atoms. The van der Waals surface area contributed by atoms with Crippen LogP contribution in [-0.4, -0.2) is 25.2 Å². The molecular weight excluding hydrogens is 312 g/mol. The number of nitrogens with one attached hydrogen (secondary N) is 1. The van der Waals surface area contributed by atoms with Crippen molar-refractivity contribution in [1.82, 2.24) is 4.98 Å². The molecule has 4 nitrogen and oxygen atoms in total. The van der Waals surface area contributed by atoms with E-state index in [9.17, 15) is 0 Å². The number of H-pyrrole nitrogens is 1. The van der Waals surface area contributed by atoms with E-state index in [1.165, 1.54) is 10.9 Å². The summed E-state index contributed by atoms with van der Waals surface area (Å²) in [5.41, 5.74) is 10.4. The van der Waals surface area contributed by atoms with Gasteiger partial charge in [0.25, 0.3) is 0 Å². The third-order valence-electron chi connectivity index (χ3n) is 4.43. The van der Waals surface area contributed by atoms with Crippen molar-refractivity contribution in [2.45, 2.75) is 26.2 Å². The summed E-state index contributed by atoms with van der Waals surface area (Å²) in [5.74, 6) is 1.77. The summed E-state index contributed by atoms with van der Waals surface area (Å²) in [4.78, 5) is 3.59. The van der Waals surface area contributed by atoms with E-state index in [-0.39, 0.29) is 0 Å². The van der Waals surface area contributed by atoms with Gasteiger partial charge in [0.15, 0.2) is 0 Å². The molecule has 0 spiro atoms. The summed E-state index contributed by atoms with van der Waals surface area (Å²) < 4.78 is 11.1. The molecule has 0 saturated carbocycles. The van der Waals surface area contributed by atoms with Crippen LogP contribution in [0.25, 0.3) is 22.2 Å². The number of ether oxygens (including phenoxy) is 2. The van der Waals surface area contributed by atoms with Crippen molar-refractivity contribution in [3.8, 4) is 22.8 Å². The quantitative estimate of drug-likeness (QED) is 0.594. The van der Waals surface area contributed by atoms with E-state index >= 15 is 0 Å². The molecule has 0 aliphatic carbocycles. The summed E-state index contributed by atoms with van der Waals surface area (Å²) in [6.07, 6.45) is 3.08. The molecule has 0 atom stereocenters. The highest BCUT2D eigenvalue weighted by Gasteiger charge is 2.14. The number of aryl methyl sites for hydroxylation is 1. The second-order valence-electron chi connectivity index (χ2n) is 6.10. The predicted octanol–water partition coefficient (Wildman–Crippen LogP) is 4.52. The molecule has 4 heteroatoms. The maximum atomic E-state index is 5.69. The van der Waals surface area contributed by atoms with Crippen molar-refractivity contribution in [3.63, 3.8) is 0 Å². The van der Waals surface area contributed by atoms with Gasteiger partial charge in [0, 0.05) is 22.2 Å². The van der Waals surface area contributed by atoms with E-state index in [0.717, 1.165) is 54.1 Å². The third kappa shape index (κ3) is 3.80. The van der Waals surface area contributed by atoms with Crippen LogP contribution in [0.15, 0.2) is 42.5 Å². The Balaban J connectivity index is 2.10. The predicted molar refractivity (Wildman–Crippen MR) is 103 cm³/mol. The minimum Gasteiger partial charge on any atom is -0.497 e. The molecule has 3 N–H and O–H groups in total. The van der Waals surface area contributed by atoms with Crippen LogP contribution in [0.1, 0.15) is 25.3 Å². The number of nitrogens with two attached hydrogens (primary N) is 1. The first-order chi connectivity index (χ1) is 12.3. The molecule has 0 fully saturated rings. The minimum absolute atomic E-state index is 0.668. The van der Waals surface area contributed by atoms with Gasteiger partial charge in [-0.2, -0.15) is 0 Å². The Bertz CT molecular complexity index is 839. The van der Waals surface area contributed by atoms with E-state index in [2.05, 4.69) is 29.2 Å². The van der Waals surface area contributed by atoms with E-state index in [1.54, 1.807) is 7.11 Å². The molecule has 3 aromatic rings. The lowest BCUT2D eigenvalue weighted by molar-refractivity contribution is 0.340. The summed E-state index contributed by atoms with van der Waals surface area (Å²) in [5, 5.41) is 1.22. The number of fused-ring (bicyclic) bond motifs is 1. The van der Waals surface area contributed by atoms with Gasteiger partial charge < -0.3 is 20.2 Å². The Morgan fingerprint density at radius 1 is 1.04 bits per heavy atom. The molecular formula is C21H26N2O2. The van der Waals surface area contributed by atoms with Gasteiger partial charge in [0.05, 0.1) is 13.7 Å². The lowest BCUT2D eigenvalue weighted by atomic mass is 10.00. The van der Waals surface area contributed by atoms with Crippen LogP contribution in [0, 0.1) is 0 Å². The summed E-state index contributed by atoms with van der Waals surface area (Å²) in [6, 6.07) is 14.4. The normalized spacial score (nSPS) is 11.0. The van der Waals surface area contributed by atoms with Crippen molar-refractivity contribution in [3.05, 3.63) is 48.0 Å². The van der Waals surface area contributed by atoms with E-state index < -0.39 is 0 Å². The van der Waals surface area contributed by atoms with Crippen molar-refractivity contribution in [2.24, 2.45) is 5.73 Å². The topological polar surface area (TPSA) is 60.3 Å². The fourth-order valence-corrected chi connectivity index (χ4v) is 3.21. The lowest BCUT2D eigenvalue weighted by Gasteiger charge is -2.07. The van der Waals surface area contributed by atoms with Gasteiger partial charge in [-0.05, 0) is 68.6 Å². The van der Waals surface area contributed by atoms with Gasteiger partial charge in [0.2, 0.25) is 0 Å². The number of rotatable bonds is 8. The van der Waals surface area contributed by atoms with Gasteiger partial charge in [-0.25, -0.2) is 0 Å². The Kier molecular flexibility index (Phi) is 5.61. The molecule has 0 radical (unpaired) electrons. The van der Waals surface area contributed by atoms with Crippen LogP contribution in [-0.2, 0) is 6.42 Å². The number of benzene rings is 2. The highest BCUT2D eigenvalue weighted by atomic mass is 16.5. The Hall–Kier alpha value is -2.46. The maximum absolute atomic E-state index is 5.69. The monoisotopic (exact) mass is 338 g/mol. The Morgan fingerprint density at radius 2 is 1.92 bits per heavy atom. The fourth-order valence-electron chi connectivity index (χ4n) is 3.21. The van der Waals surface area contributed by atoms with Crippen LogP contribution in [0.5, 0.6) is 11.5 Å². The van der Waals surface area contributed by atoms with Gasteiger partial charge in [-0.1, -0.05) is 12.1 Å². The maximum Gasteiger partial charge on any atom is 0.120 e. The smallest absolute Gasteiger partial charge is 0.120 e. The Morgan fingerprint density at radius 3 is 2.68 bits per heavy atom. The van der Waals surface area contributed by atoms with Gasteiger partial charge in [0.1, 0.15) is 11.5 Å². The average Bonchev–Trinajstić information content (AvgIpc) is 3.00. The zero-order valence-electron chi connectivity index (χ0n) is 15.0. The first-order valence-corrected chi connectivity index (χ1v) is 8.88. The van der Waals surface area contributed by atoms with E-state index in [4.69, 9.17) is 15.2 Å². The Labute approximate surface area is 149 Å². The van der Waals surface area contributed by atoms with Crippen molar-refractivity contribution >= 4 is 10.9 Å². The average molecular weight is 338 g/mol. The van der Waals surface area contributed by atoms with Crippen molar-refractivity contribution in [1.29, 1.82) is 0 Å². The van der Waals surface area contributed by atoms with E-state index in [0.29, 0.717) is 6.61 Å². The number of hydrogen-bond acceptors (Lipinski definition) is 3. The number of aromatic nitrogens is 1. The molecule has 1 aromatic heterocycles. The first-order valence-electron chi connectivity index (χ1n) is 8.88. The highest BCUT2D eigenvalue weighted by molar-refractivity contribution is 5.92. The fraction of sp³-hybridized carbons (Fsp3) is 0.333. The molecule has 2 aromatic carbocycles. The van der Waals surface area contributed by atoms with Gasteiger partial charge in [-0.3, -0.25) is 0 Å². The highest BCUT2D eigenvalue weighted by Crippen LogP contribution is 2.34. The molecule has 0 aliphatic heterocycles. The van der Waals surface area contributed by atoms with Crippen LogP contribution in [0.4, 0.5) is 0 Å². The summed E-state index contributed by atoms with van der Waals surface area (Å²) in [7, 11) is 1.70. The number of hydrogen-bond donors (Lipinski definition) is 2. The second-order valence-corrected chi connectivity index (χ2v) is 6.10. The minimum atomic E-state index is 0.668. The van der Waals surface area contributed by atoms with Crippen LogP contribution in [0.3, 0.4) is 0 Å². The molecule has 0 aliphatic rings. The molecule has 0 unspecified atom stereocenters. The largest absolute Gasteiger partial charge is 0.497 e. The molecule has 3 rings (SSSR count). The van der Waals surface area contributed by atoms with Crippen LogP contribution >= 0.6 is 0 Å². The zero-order chi connectivity index (χ0) is 17.6. The zero-order valence-corrected chi connectivity index (χ0v) is 15.0. The van der Waals surface area contributed by atoms with E-state index in [1.807, 2.05) is 25.1 Å². The van der Waals surface area contributed by atoms with Crippen molar-refractivity contribution < 1.29 is 9.47 Å². The van der Waals surface area contributed by atoms with Crippen molar-refractivity contribution in [2.75, 3.05) is 20.3 Å². The van der Waals surface area contributed by atoms with Crippen LogP contribution in [0.2, 0.25) is 0 Å².